The average molecular weight is 525 g/mol. The van der Waals surface area contributed by atoms with Gasteiger partial charge in [0, 0.05) is 6.54 Å². The lowest BCUT2D eigenvalue weighted by molar-refractivity contribution is -0.121. The minimum atomic E-state index is -0.951. The molecule has 1 aliphatic heterocycles. The average Bonchev–Trinajstić information content (AvgIpc) is 2.94. The Bertz CT molecular complexity index is 973. The first-order valence-corrected chi connectivity index (χ1v) is 10.7. The summed E-state index contributed by atoms with van der Waals surface area (Å²) in [6, 6.07) is 12.3. The minimum absolute atomic E-state index is 0.0577. The van der Waals surface area contributed by atoms with Crippen molar-refractivity contribution in [3.8, 4) is 5.75 Å². The number of likely N-dealkylation sites (N-methyl/N-ethyl adjacent to an activating group) is 1. The van der Waals surface area contributed by atoms with Crippen molar-refractivity contribution in [2.75, 3.05) is 6.54 Å². The van der Waals surface area contributed by atoms with Gasteiger partial charge in [0.1, 0.15) is 16.7 Å². The molecule has 0 spiro atoms. The van der Waals surface area contributed by atoms with Crippen molar-refractivity contribution in [3.05, 3.63) is 67.6 Å². The number of thiocarbonyl (C=S) groups is 1. The molecule has 1 fully saturated rings. The van der Waals surface area contributed by atoms with Gasteiger partial charge in [-0.25, -0.2) is 4.79 Å². The number of carboxylic acids is 1. The quantitative estimate of drug-likeness (QED) is 0.333. The first-order chi connectivity index (χ1) is 13.4. The number of benzene rings is 2. The molecule has 1 amide bonds. The van der Waals surface area contributed by atoms with Gasteiger partial charge in [-0.3, -0.25) is 9.69 Å². The van der Waals surface area contributed by atoms with Crippen LogP contribution in [-0.2, 0) is 11.4 Å². The second-order valence-corrected chi connectivity index (χ2v) is 8.74. The standard InChI is InChI=1S/C20H16INO4S2/c1-2-22-18(23)17(28-20(22)27)10-13-5-8-16(15(21)9-13)26-11-12-3-6-14(7-4-12)19(24)25/h3-10H,2,11H2,1H3,(H,24,25)/b17-10-. The minimum Gasteiger partial charge on any atom is -0.488 e. The van der Waals surface area contributed by atoms with E-state index in [1.807, 2.05) is 31.2 Å². The second-order valence-electron chi connectivity index (χ2n) is 5.91. The Labute approximate surface area is 185 Å². The van der Waals surface area contributed by atoms with Crippen molar-refractivity contribution >= 4 is 68.8 Å². The highest BCUT2D eigenvalue weighted by Gasteiger charge is 2.30. The number of halogens is 1. The van der Waals surface area contributed by atoms with Gasteiger partial charge in [-0.1, -0.05) is 42.2 Å². The fourth-order valence-electron chi connectivity index (χ4n) is 2.55. The van der Waals surface area contributed by atoms with Gasteiger partial charge in [0.05, 0.1) is 14.0 Å². The molecule has 3 rings (SSSR count). The molecule has 2 aromatic rings. The molecule has 1 aliphatic rings. The summed E-state index contributed by atoms with van der Waals surface area (Å²) in [6.45, 7) is 2.81. The molecule has 0 saturated carbocycles. The maximum atomic E-state index is 12.3. The molecule has 1 heterocycles. The van der Waals surface area contributed by atoms with Crippen LogP contribution in [0.2, 0.25) is 0 Å². The van der Waals surface area contributed by atoms with Gasteiger partial charge < -0.3 is 9.84 Å². The van der Waals surface area contributed by atoms with E-state index in [4.69, 9.17) is 22.1 Å². The molecule has 28 heavy (non-hydrogen) atoms. The van der Waals surface area contributed by atoms with Crippen LogP contribution in [0.5, 0.6) is 5.75 Å². The molecule has 2 aromatic carbocycles. The van der Waals surface area contributed by atoms with E-state index in [0.717, 1.165) is 20.4 Å². The van der Waals surface area contributed by atoms with Crippen LogP contribution in [0.4, 0.5) is 0 Å². The zero-order chi connectivity index (χ0) is 20.3. The lowest BCUT2D eigenvalue weighted by atomic mass is 10.1. The summed E-state index contributed by atoms with van der Waals surface area (Å²) in [5, 5.41) is 8.94. The molecule has 0 aromatic heterocycles. The Balaban J connectivity index is 1.69. The van der Waals surface area contributed by atoms with E-state index in [0.29, 0.717) is 22.4 Å². The van der Waals surface area contributed by atoms with Crippen molar-refractivity contribution in [1.29, 1.82) is 0 Å². The summed E-state index contributed by atoms with van der Waals surface area (Å²) in [5.41, 5.74) is 2.03. The monoisotopic (exact) mass is 525 g/mol. The summed E-state index contributed by atoms with van der Waals surface area (Å²) in [6.07, 6.45) is 1.84. The Morgan fingerprint density at radius 3 is 2.57 bits per heavy atom. The Morgan fingerprint density at radius 2 is 2.00 bits per heavy atom. The molecule has 0 unspecified atom stereocenters. The van der Waals surface area contributed by atoms with E-state index < -0.39 is 5.97 Å². The molecular formula is C20H16INO4S2. The molecule has 0 atom stereocenters. The molecule has 144 valence electrons. The third kappa shape index (κ3) is 4.73. The predicted molar refractivity (Wildman–Crippen MR) is 122 cm³/mol. The number of ether oxygens (including phenoxy) is 1. The third-order valence-corrected chi connectivity index (χ3v) is 6.26. The number of aromatic carboxylic acids is 1. The van der Waals surface area contributed by atoms with E-state index in [2.05, 4.69) is 22.6 Å². The van der Waals surface area contributed by atoms with Crippen molar-refractivity contribution < 1.29 is 19.4 Å². The molecule has 1 saturated heterocycles. The van der Waals surface area contributed by atoms with E-state index in [-0.39, 0.29) is 11.5 Å². The molecule has 8 heteroatoms. The normalized spacial score (nSPS) is 15.4. The SMILES string of the molecule is CCN1C(=O)/C(=C/c2ccc(OCc3ccc(C(=O)O)cc3)c(I)c2)SC1=S. The maximum Gasteiger partial charge on any atom is 0.335 e. The van der Waals surface area contributed by atoms with Crippen LogP contribution < -0.4 is 4.74 Å². The van der Waals surface area contributed by atoms with Crippen molar-refractivity contribution in [1.82, 2.24) is 4.90 Å². The molecule has 0 bridgehead atoms. The largest absolute Gasteiger partial charge is 0.488 e. The number of thioether (sulfide) groups is 1. The fourth-order valence-corrected chi connectivity index (χ4v) is 4.63. The van der Waals surface area contributed by atoms with E-state index in [1.54, 1.807) is 29.2 Å². The van der Waals surface area contributed by atoms with Crippen molar-refractivity contribution in [3.63, 3.8) is 0 Å². The molecular weight excluding hydrogens is 509 g/mol. The number of hydrogen-bond donors (Lipinski definition) is 1. The summed E-state index contributed by atoms with van der Waals surface area (Å²) in [7, 11) is 0. The number of carbonyl (C=O) groups excluding carboxylic acids is 1. The Kier molecular flexibility index (Phi) is 6.73. The third-order valence-electron chi connectivity index (χ3n) is 4.04. The summed E-state index contributed by atoms with van der Waals surface area (Å²) >= 11 is 8.74. The smallest absolute Gasteiger partial charge is 0.335 e. The number of nitrogens with zero attached hydrogens (tertiary/aromatic N) is 1. The lowest BCUT2D eigenvalue weighted by Crippen LogP contribution is -2.27. The van der Waals surface area contributed by atoms with E-state index in [1.165, 1.54) is 11.8 Å². The number of amides is 1. The highest BCUT2D eigenvalue weighted by atomic mass is 127. The molecule has 0 aliphatic carbocycles. The molecule has 0 radical (unpaired) electrons. The van der Waals surface area contributed by atoms with Gasteiger partial charge in [0.15, 0.2) is 0 Å². The lowest BCUT2D eigenvalue weighted by Gasteiger charge is -2.10. The van der Waals surface area contributed by atoms with Gasteiger partial charge in [0.25, 0.3) is 5.91 Å². The first kappa shape index (κ1) is 20.8. The van der Waals surface area contributed by atoms with Crippen LogP contribution in [0.15, 0.2) is 47.4 Å². The zero-order valence-electron chi connectivity index (χ0n) is 14.8. The highest BCUT2D eigenvalue weighted by Crippen LogP contribution is 2.33. The summed E-state index contributed by atoms with van der Waals surface area (Å²) < 4.78 is 7.35. The maximum absolute atomic E-state index is 12.3. The molecule has 5 nitrogen and oxygen atoms in total. The number of carboxylic acid groups (broad SMARTS) is 1. The van der Waals surface area contributed by atoms with Crippen LogP contribution in [-0.4, -0.2) is 32.7 Å². The van der Waals surface area contributed by atoms with E-state index >= 15 is 0 Å². The van der Waals surface area contributed by atoms with E-state index in [9.17, 15) is 9.59 Å². The number of carbonyl (C=O) groups is 2. The van der Waals surface area contributed by atoms with Gasteiger partial charge >= 0.3 is 5.97 Å². The summed E-state index contributed by atoms with van der Waals surface area (Å²) in [5.74, 6) is -0.285. The van der Waals surface area contributed by atoms with Gasteiger partial charge in [0.2, 0.25) is 0 Å². The van der Waals surface area contributed by atoms with Gasteiger partial charge in [-0.15, -0.1) is 0 Å². The van der Waals surface area contributed by atoms with Gasteiger partial charge in [-0.05, 0) is 71.0 Å². The topological polar surface area (TPSA) is 66.8 Å². The second kappa shape index (κ2) is 9.06. The van der Waals surface area contributed by atoms with Crippen molar-refractivity contribution in [2.24, 2.45) is 0 Å². The van der Waals surface area contributed by atoms with Crippen LogP contribution in [0.25, 0.3) is 6.08 Å². The number of rotatable bonds is 6. The predicted octanol–water partition coefficient (Wildman–Crippen LogP) is 4.79. The van der Waals surface area contributed by atoms with Crippen LogP contribution in [0.1, 0.15) is 28.4 Å². The Hall–Kier alpha value is -1.91. The van der Waals surface area contributed by atoms with Crippen LogP contribution in [0, 0.1) is 3.57 Å². The zero-order valence-corrected chi connectivity index (χ0v) is 18.6. The van der Waals surface area contributed by atoms with Crippen LogP contribution in [0.3, 0.4) is 0 Å². The highest BCUT2D eigenvalue weighted by molar-refractivity contribution is 14.1. The first-order valence-electron chi connectivity index (χ1n) is 8.39. The summed E-state index contributed by atoms with van der Waals surface area (Å²) in [4.78, 5) is 25.4. The Morgan fingerprint density at radius 1 is 1.29 bits per heavy atom. The molecule has 1 N–H and O–H groups in total. The van der Waals surface area contributed by atoms with Crippen molar-refractivity contribution in [2.45, 2.75) is 13.5 Å². The fraction of sp³-hybridized carbons (Fsp3) is 0.150. The van der Waals surface area contributed by atoms with Gasteiger partial charge in [-0.2, -0.15) is 0 Å². The number of hydrogen-bond acceptors (Lipinski definition) is 5. The van der Waals surface area contributed by atoms with Crippen LogP contribution >= 0.6 is 46.6 Å².